The summed E-state index contributed by atoms with van der Waals surface area (Å²) >= 11 is 1.52. The van der Waals surface area contributed by atoms with Gasteiger partial charge in [-0.3, -0.25) is 9.20 Å². The number of aromatic nitrogens is 4. The van der Waals surface area contributed by atoms with Gasteiger partial charge in [0.25, 0.3) is 5.91 Å². The highest BCUT2D eigenvalue weighted by Gasteiger charge is 2.10. The Kier molecular flexibility index (Phi) is 4.57. The lowest BCUT2D eigenvalue weighted by atomic mass is 10.2. The zero-order valence-corrected chi connectivity index (χ0v) is 14.5. The van der Waals surface area contributed by atoms with Crippen LogP contribution in [0.25, 0.3) is 5.65 Å². The van der Waals surface area contributed by atoms with Crippen molar-refractivity contribution in [2.45, 2.75) is 13.2 Å². The maximum absolute atomic E-state index is 12.4. The molecule has 3 heterocycles. The molecule has 0 bridgehead atoms. The van der Waals surface area contributed by atoms with E-state index in [1.165, 1.54) is 11.3 Å². The summed E-state index contributed by atoms with van der Waals surface area (Å²) in [6.45, 7) is 0.661. The van der Waals surface area contributed by atoms with E-state index in [0.717, 1.165) is 11.3 Å². The number of nitrogens with zero attached hydrogens (tertiary/aromatic N) is 4. The van der Waals surface area contributed by atoms with E-state index in [9.17, 15) is 4.79 Å². The SMILES string of the molecule is O=C(NCc1nnc2ccccn12)c1cccc(OCc2cscn2)c1. The topological polar surface area (TPSA) is 81.4 Å². The van der Waals surface area contributed by atoms with Crippen molar-refractivity contribution in [2.75, 3.05) is 0 Å². The van der Waals surface area contributed by atoms with Gasteiger partial charge in [0.05, 0.1) is 17.7 Å². The van der Waals surface area contributed by atoms with Crippen molar-refractivity contribution in [3.05, 3.63) is 76.6 Å². The molecule has 0 fully saturated rings. The second-order valence-corrected chi connectivity index (χ2v) is 6.24. The first-order valence-electron chi connectivity index (χ1n) is 7.96. The minimum atomic E-state index is -0.197. The molecule has 1 aromatic carbocycles. The van der Waals surface area contributed by atoms with Gasteiger partial charge in [0.15, 0.2) is 11.5 Å². The first-order chi connectivity index (χ1) is 12.8. The maximum atomic E-state index is 12.4. The van der Waals surface area contributed by atoms with Crippen molar-refractivity contribution in [1.29, 1.82) is 0 Å². The van der Waals surface area contributed by atoms with Crippen molar-refractivity contribution >= 4 is 22.9 Å². The third-order valence-corrected chi connectivity index (χ3v) is 4.39. The summed E-state index contributed by atoms with van der Waals surface area (Å²) in [5, 5.41) is 13.0. The molecule has 0 saturated carbocycles. The number of amides is 1. The van der Waals surface area contributed by atoms with E-state index in [-0.39, 0.29) is 12.5 Å². The summed E-state index contributed by atoms with van der Waals surface area (Å²) in [5.74, 6) is 1.10. The zero-order chi connectivity index (χ0) is 17.8. The van der Waals surface area contributed by atoms with Crippen molar-refractivity contribution in [3.63, 3.8) is 0 Å². The lowest BCUT2D eigenvalue weighted by Gasteiger charge is -2.07. The van der Waals surface area contributed by atoms with Crippen molar-refractivity contribution in [2.24, 2.45) is 0 Å². The van der Waals surface area contributed by atoms with E-state index >= 15 is 0 Å². The Labute approximate surface area is 153 Å². The second kappa shape index (κ2) is 7.32. The van der Waals surface area contributed by atoms with Gasteiger partial charge in [-0.1, -0.05) is 12.1 Å². The summed E-state index contributed by atoms with van der Waals surface area (Å²) in [5.41, 5.74) is 3.89. The molecule has 0 saturated heterocycles. The van der Waals surface area contributed by atoms with Gasteiger partial charge in [-0.2, -0.15) is 0 Å². The lowest BCUT2D eigenvalue weighted by Crippen LogP contribution is -2.24. The number of thiazole rings is 1. The van der Waals surface area contributed by atoms with Crippen LogP contribution in [0.3, 0.4) is 0 Å². The molecule has 0 atom stereocenters. The highest BCUT2D eigenvalue weighted by Crippen LogP contribution is 2.15. The molecule has 0 aliphatic heterocycles. The quantitative estimate of drug-likeness (QED) is 0.568. The number of benzene rings is 1. The Morgan fingerprint density at radius 3 is 3.04 bits per heavy atom. The summed E-state index contributed by atoms with van der Waals surface area (Å²) in [6.07, 6.45) is 1.86. The smallest absolute Gasteiger partial charge is 0.251 e. The number of fused-ring (bicyclic) bond motifs is 1. The van der Waals surface area contributed by atoms with E-state index in [1.54, 1.807) is 23.7 Å². The molecule has 4 rings (SSSR count). The van der Waals surface area contributed by atoms with Crippen LogP contribution in [0.15, 0.2) is 59.6 Å². The predicted molar refractivity (Wildman–Crippen MR) is 97.0 cm³/mol. The Bertz CT molecular complexity index is 1030. The van der Waals surface area contributed by atoms with Crippen LogP contribution >= 0.6 is 11.3 Å². The lowest BCUT2D eigenvalue weighted by molar-refractivity contribution is 0.0949. The van der Waals surface area contributed by atoms with Crippen molar-refractivity contribution in [3.8, 4) is 5.75 Å². The number of carbonyl (C=O) groups is 1. The van der Waals surface area contributed by atoms with Gasteiger partial charge in [0.1, 0.15) is 12.4 Å². The maximum Gasteiger partial charge on any atom is 0.251 e. The van der Waals surface area contributed by atoms with Crippen LogP contribution in [0, 0.1) is 0 Å². The summed E-state index contributed by atoms with van der Waals surface area (Å²) in [4.78, 5) is 16.6. The van der Waals surface area contributed by atoms with Gasteiger partial charge in [-0.05, 0) is 30.3 Å². The molecular formula is C18H15N5O2S. The molecule has 130 valence electrons. The molecule has 4 aromatic rings. The largest absolute Gasteiger partial charge is 0.487 e. The van der Waals surface area contributed by atoms with Gasteiger partial charge >= 0.3 is 0 Å². The van der Waals surface area contributed by atoms with Gasteiger partial charge in [0.2, 0.25) is 0 Å². The Balaban J connectivity index is 1.40. The van der Waals surface area contributed by atoms with Gasteiger partial charge in [0, 0.05) is 17.1 Å². The zero-order valence-electron chi connectivity index (χ0n) is 13.7. The molecule has 0 aliphatic rings. The van der Waals surface area contributed by atoms with E-state index in [1.807, 2.05) is 40.2 Å². The summed E-state index contributed by atoms with van der Waals surface area (Å²) in [6, 6.07) is 12.7. The van der Waals surface area contributed by atoms with Crippen LogP contribution in [-0.2, 0) is 13.2 Å². The minimum absolute atomic E-state index is 0.197. The Hall–Kier alpha value is -3.26. The van der Waals surface area contributed by atoms with Gasteiger partial charge in [-0.25, -0.2) is 4.98 Å². The molecule has 0 aliphatic carbocycles. The number of rotatable bonds is 6. The van der Waals surface area contributed by atoms with Crippen molar-refractivity contribution in [1.82, 2.24) is 24.9 Å². The van der Waals surface area contributed by atoms with Crippen LogP contribution in [-0.4, -0.2) is 25.5 Å². The number of carbonyl (C=O) groups excluding carboxylic acids is 1. The average molecular weight is 365 g/mol. The standard InChI is InChI=1S/C18H15N5O2S/c24-18(19-9-17-22-21-16-6-1-2-7-23(16)17)13-4-3-5-15(8-13)25-10-14-11-26-12-20-14/h1-8,11-12H,9-10H2,(H,19,24). The van der Waals surface area contributed by atoms with E-state index < -0.39 is 0 Å². The molecule has 0 spiro atoms. The fourth-order valence-corrected chi connectivity index (χ4v) is 3.01. The molecule has 8 heteroatoms. The highest BCUT2D eigenvalue weighted by atomic mass is 32.1. The second-order valence-electron chi connectivity index (χ2n) is 5.52. The summed E-state index contributed by atoms with van der Waals surface area (Å²) in [7, 11) is 0. The average Bonchev–Trinajstić information content (AvgIpc) is 3.34. The molecule has 3 aromatic heterocycles. The highest BCUT2D eigenvalue weighted by molar-refractivity contribution is 7.07. The third kappa shape index (κ3) is 3.55. The minimum Gasteiger partial charge on any atom is -0.487 e. The van der Waals surface area contributed by atoms with Crippen LogP contribution < -0.4 is 10.1 Å². The van der Waals surface area contributed by atoms with E-state index in [2.05, 4.69) is 20.5 Å². The fraction of sp³-hybridized carbons (Fsp3) is 0.111. The van der Waals surface area contributed by atoms with Crippen LogP contribution in [0.2, 0.25) is 0 Å². The number of hydrogen-bond donors (Lipinski definition) is 1. The van der Waals surface area contributed by atoms with Gasteiger partial charge < -0.3 is 10.1 Å². The normalized spacial score (nSPS) is 10.8. The first-order valence-corrected chi connectivity index (χ1v) is 8.90. The number of nitrogens with one attached hydrogen (secondary N) is 1. The number of pyridine rings is 1. The van der Waals surface area contributed by atoms with E-state index in [4.69, 9.17) is 4.74 Å². The van der Waals surface area contributed by atoms with Crippen LogP contribution in [0.5, 0.6) is 5.75 Å². The molecule has 1 N–H and O–H groups in total. The molecule has 1 amide bonds. The molecule has 26 heavy (non-hydrogen) atoms. The molecule has 7 nitrogen and oxygen atoms in total. The Morgan fingerprint density at radius 2 is 2.15 bits per heavy atom. The molecule has 0 unspecified atom stereocenters. The molecular weight excluding hydrogens is 350 g/mol. The van der Waals surface area contributed by atoms with Crippen LogP contribution in [0.1, 0.15) is 21.9 Å². The summed E-state index contributed by atoms with van der Waals surface area (Å²) < 4.78 is 7.53. The van der Waals surface area contributed by atoms with Crippen molar-refractivity contribution < 1.29 is 9.53 Å². The predicted octanol–water partition coefficient (Wildman–Crippen LogP) is 2.69. The number of hydrogen-bond acceptors (Lipinski definition) is 6. The third-order valence-electron chi connectivity index (χ3n) is 3.76. The monoisotopic (exact) mass is 365 g/mol. The van der Waals surface area contributed by atoms with E-state index in [0.29, 0.717) is 23.7 Å². The molecule has 0 radical (unpaired) electrons. The van der Waals surface area contributed by atoms with Crippen LogP contribution in [0.4, 0.5) is 0 Å². The number of ether oxygens (including phenoxy) is 1. The first kappa shape index (κ1) is 16.2. The fourth-order valence-electron chi connectivity index (χ4n) is 2.47. The Morgan fingerprint density at radius 1 is 1.19 bits per heavy atom. The van der Waals surface area contributed by atoms with Gasteiger partial charge in [-0.15, -0.1) is 21.5 Å².